The normalized spacial score (nSPS) is 9.69. The lowest BCUT2D eigenvalue weighted by molar-refractivity contribution is 0.631. The summed E-state index contributed by atoms with van der Waals surface area (Å²) >= 11 is 2.07. The molecule has 0 saturated carbocycles. The van der Waals surface area contributed by atoms with Crippen molar-refractivity contribution in [3.8, 4) is 0 Å². The molecule has 0 saturated heterocycles. The molecule has 0 radical (unpaired) electrons. The number of imidazole rings is 1. The Hall–Kier alpha value is -0.440. The van der Waals surface area contributed by atoms with Crippen molar-refractivity contribution in [2.45, 2.75) is 48.1 Å². The molecule has 0 unspecified atom stereocenters. The third kappa shape index (κ3) is 8.84. The van der Waals surface area contributed by atoms with Gasteiger partial charge in [-0.05, 0) is 30.3 Å². The Labute approximate surface area is 106 Å². The quantitative estimate of drug-likeness (QED) is 0.665. The number of thioether (sulfide) groups is 1. The SMILES string of the molecule is C.C.CC(C)CCSCCCn1ccnc1. The molecular weight excluding hydrogens is 216 g/mol. The number of aryl methyl sites for hydroxylation is 1. The Morgan fingerprint density at radius 3 is 2.56 bits per heavy atom. The fraction of sp³-hybridized carbons (Fsp3) is 0.769. The number of aromatic nitrogens is 2. The zero-order chi connectivity index (χ0) is 10.2. The zero-order valence-corrected chi connectivity index (χ0v) is 9.96. The first-order chi connectivity index (χ1) is 6.79. The molecule has 0 spiro atoms. The van der Waals surface area contributed by atoms with Crippen molar-refractivity contribution in [2.24, 2.45) is 5.92 Å². The number of hydrogen-bond donors (Lipinski definition) is 0. The largest absolute Gasteiger partial charge is 0.337 e. The lowest BCUT2D eigenvalue weighted by atomic mass is 10.2. The molecule has 2 nitrogen and oxygen atoms in total. The molecule has 0 aliphatic heterocycles. The third-order valence-electron chi connectivity index (χ3n) is 2.10. The van der Waals surface area contributed by atoms with E-state index in [1.807, 2.05) is 18.7 Å². The summed E-state index contributed by atoms with van der Waals surface area (Å²) in [6.45, 7) is 5.67. The predicted molar refractivity (Wildman–Crippen MR) is 77.1 cm³/mol. The van der Waals surface area contributed by atoms with E-state index in [2.05, 4.69) is 35.2 Å². The molecular formula is C13H28N2S. The molecule has 0 fully saturated rings. The van der Waals surface area contributed by atoms with E-state index in [0.29, 0.717) is 0 Å². The molecule has 1 aromatic rings. The van der Waals surface area contributed by atoms with Gasteiger partial charge in [-0.2, -0.15) is 11.8 Å². The summed E-state index contributed by atoms with van der Waals surface area (Å²) in [5.74, 6) is 3.42. The van der Waals surface area contributed by atoms with Gasteiger partial charge in [0.25, 0.3) is 0 Å². The molecule has 1 heterocycles. The summed E-state index contributed by atoms with van der Waals surface area (Å²) in [6.07, 6.45) is 8.35. The van der Waals surface area contributed by atoms with Crippen molar-refractivity contribution in [3.63, 3.8) is 0 Å². The van der Waals surface area contributed by atoms with E-state index in [4.69, 9.17) is 0 Å². The first kappa shape index (κ1) is 17.9. The van der Waals surface area contributed by atoms with Gasteiger partial charge >= 0.3 is 0 Å². The molecule has 1 rings (SSSR count). The minimum Gasteiger partial charge on any atom is -0.337 e. The first-order valence-electron chi connectivity index (χ1n) is 5.32. The Kier molecular flexibility index (Phi) is 12.4. The average molecular weight is 244 g/mol. The van der Waals surface area contributed by atoms with E-state index in [9.17, 15) is 0 Å². The van der Waals surface area contributed by atoms with Crippen LogP contribution in [0.5, 0.6) is 0 Å². The highest BCUT2D eigenvalue weighted by molar-refractivity contribution is 7.99. The van der Waals surface area contributed by atoms with Crippen LogP contribution >= 0.6 is 11.8 Å². The first-order valence-corrected chi connectivity index (χ1v) is 6.48. The van der Waals surface area contributed by atoms with Crippen LogP contribution in [0.25, 0.3) is 0 Å². The number of hydrogen-bond acceptors (Lipinski definition) is 2. The molecule has 0 N–H and O–H groups in total. The fourth-order valence-corrected chi connectivity index (χ4v) is 2.36. The highest BCUT2D eigenvalue weighted by Gasteiger charge is 1.95. The second kappa shape index (κ2) is 11.1. The van der Waals surface area contributed by atoms with Gasteiger partial charge < -0.3 is 4.57 Å². The Balaban J connectivity index is 0. The van der Waals surface area contributed by atoms with Crippen LogP contribution in [-0.4, -0.2) is 21.1 Å². The van der Waals surface area contributed by atoms with Crippen molar-refractivity contribution < 1.29 is 0 Å². The van der Waals surface area contributed by atoms with Crippen LogP contribution in [0.2, 0.25) is 0 Å². The monoisotopic (exact) mass is 244 g/mol. The summed E-state index contributed by atoms with van der Waals surface area (Å²) in [5, 5.41) is 0. The van der Waals surface area contributed by atoms with E-state index < -0.39 is 0 Å². The number of nitrogens with zero attached hydrogens (tertiary/aromatic N) is 2. The van der Waals surface area contributed by atoms with E-state index in [-0.39, 0.29) is 14.9 Å². The minimum atomic E-state index is 0. The van der Waals surface area contributed by atoms with Crippen LogP contribution in [0.15, 0.2) is 18.7 Å². The highest BCUT2D eigenvalue weighted by Crippen LogP contribution is 2.10. The molecule has 0 aliphatic rings. The smallest absolute Gasteiger partial charge is 0.0945 e. The van der Waals surface area contributed by atoms with Crippen LogP contribution < -0.4 is 0 Å². The summed E-state index contributed by atoms with van der Waals surface area (Å²) in [6, 6.07) is 0. The molecule has 16 heavy (non-hydrogen) atoms. The van der Waals surface area contributed by atoms with Gasteiger partial charge in [0.2, 0.25) is 0 Å². The highest BCUT2D eigenvalue weighted by atomic mass is 32.2. The Bertz CT molecular complexity index is 220. The summed E-state index contributed by atoms with van der Waals surface area (Å²) in [5.41, 5.74) is 0. The maximum absolute atomic E-state index is 4.02. The van der Waals surface area contributed by atoms with E-state index in [1.165, 1.54) is 24.3 Å². The van der Waals surface area contributed by atoms with Gasteiger partial charge in [-0.3, -0.25) is 0 Å². The molecule has 1 aromatic heterocycles. The Morgan fingerprint density at radius 1 is 1.25 bits per heavy atom. The van der Waals surface area contributed by atoms with Crippen LogP contribution in [0.4, 0.5) is 0 Å². The lowest BCUT2D eigenvalue weighted by Crippen LogP contribution is -1.97. The summed E-state index contributed by atoms with van der Waals surface area (Å²) in [7, 11) is 0. The predicted octanol–water partition coefficient (Wildman–Crippen LogP) is 4.32. The van der Waals surface area contributed by atoms with E-state index >= 15 is 0 Å². The Morgan fingerprint density at radius 2 is 2.00 bits per heavy atom. The van der Waals surface area contributed by atoms with Crippen molar-refractivity contribution in [3.05, 3.63) is 18.7 Å². The summed E-state index contributed by atoms with van der Waals surface area (Å²) in [4.78, 5) is 4.02. The average Bonchev–Trinajstić information content (AvgIpc) is 2.63. The number of rotatable bonds is 7. The standard InChI is InChI=1S/C11H20N2S.2CH4/c1-11(2)4-9-14-8-3-6-13-7-5-12-10-13;;/h5,7,10-11H,3-4,6,8-9H2,1-2H3;2*1H4. The van der Waals surface area contributed by atoms with Crippen molar-refractivity contribution >= 4 is 11.8 Å². The van der Waals surface area contributed by atoms with Crippen LogP contribution in [0.1, 0.15) is 41.5 Å². The van der Waals surface area contributed by atoms with Crippen LogP contribution in [0.3, 0.4) is 0 Å². The van der Waals surface area contributed by atoms with Crippen molar-refractivity contribution in [1.82, 2.24) is 9.55 Å². The molecule has 0 aliphatic carbocycles. The van der Waals surface area contributed by atoms with Gasteiger partial charge in [0.05, 0.1) is 6.33 Å². The van der Waals surface area contributed by atoms with Gasteiger partial charge in [0.15, 0.2) is 0 Å². The second-order valence-electron chi connectivity index (χ2n) is 3.95. The van der Waals surface area contributed by atoms with E-state index in [1.54, 1.807) is 0 Å². The maximum Gasteiger partial charge on any atom is 0.0945 e. The van der Waals surface area contributed by atoms with Gasteiger partial charge in [0.1, 0.15) is 0 Å². The fourth-order valence-electron chi connectivity index (χ4n) is 1.19. The molecule has 3 heteroatoms. The molecule has 0 bridgehead atoms. The molecule has 0 aromatic carbocycles. The van der Waals surface area contributed by atoms with Gasteiger partial charge in [-0.1, -0.05) is 28.7 Å². The third-order valence-corrected chi connectivity index (χ3v) is 3.21. The zero-order valence-electron chi connectivity index (χ0n) is 9.15. The van der Waals surface area contributed by atoms with E-state index in [0.717, 1.165) is 12.5 Å². The van der Waals surface area contributed by atoms with Crippen LogP contribution in [-0.2, 0) is 6.54 Å². The topological polar surface area (TPSA) is 17.8 Å². The summed E-state index contributed by atoms with van der Waals surface area (Å²) < 4.78 is 2.14. The van der Waals surface area contributed by atoms with Crippen molar-refractivity contribution in [1.29, 1.82) is 0 Å². The molecule has 0 atom stereocenters. The van der Waals surface area contributed by atoms with Crippen LogP contribution in [0, 0.1) is 5.92 Å². The molecule has 96 valence electrons. The van der Waals surface area contributed by atoms with Gasteiger partial charge in [-0.15, -0.1) is 0 Å². The lowest BCUT2D eigenvalue weighted by Gasteiger charge is -2.04. The maximum atomic E-state index is 4.02. The van der Waals surface area contributed by atoms with Crippen molar-refractivity contribution in [2.75, 3.05) is 11.5 Å². The second-order valence-corrected chi connectivity index (χ2v) is 5.17. The minimum absolute atomic E-state index is 0. The van der Waals surface area contributed by atoms with Gasteiger partial charge in [-0.25, -0.2) is 4.98 Å². The molecule has 0 amide bonds. The van der Waals surface area contributed by atoms with Gasteiger partial charge in [0, 0.05) is 18.9 Å².